The molecular formula is C12H20O2S. The van der Waals surface area contributed by atoms with E-state index in [1.165, 1.54) is 32.1 Å². The normalized spacial score (nSPS) is 17.1. The summed E-state index contributed by atoms with van der Waals surface area (Å²) in [6.07, 6.45) is 7.24. The molecular weight excluding hydrogens is 208 g/mol. The molecule has 3 heteroatoms. The van der Waals surface area contributed by atoms with E-state index >= 15 is 0 Å². The fourth-order valence-corrected chi connectivity index (χ4v) is 2.88. The summed E-state index contributed by atoms with van der Waals surface area (Å²) < 4.78 is 4.71. The van der Waals surface area contributed by atoms with E-state index < -0.39 is 0 Å². The molecule has 0 aromatic heterocycles. The minimum Gasteiger partial charge on any atom is -0.469 e. The molecule has 1 aliphatic rings. The van der Waals surface area contributed by atoms with Gasteiger partial charge in [-0.1, -0.05) is 6.08 Å². The zero-order chi connectivity index (χ0) is 11.1. The fourth-order valence-electron chi connectivity index (χ4n) is 1.55. The lowest BCUT2D eigenvalue weighted by Gasteiger charge is -2.12. The first-order chi connectivity index (χ1) is 7.22. The topological polar surface area (TPSA) is 26.3 Å². The van der Waals surface area contributed by atoms with Crippen molar-refractivity contribution in [3.8, 4) is 0 Å². The molecule has 0 N–H and O–H groups in total. The second-order valence-electron chi connectivity index (χ2n) is 4.24. The Hall–Kier alpha value is -0.440. The van der Waals surface area contributed by atoms with Crippen molar-refractivity contribution in [1.29, 1.82) is 0 Å². The largest absolute Gasteiger partial charge is 0.469 e. The quantitative estimate of drug-likeness (QED) is 0.363. The first-order valence-electron chi connectivity index (χ1n) is 5.48. The van der Waals surface area contributed by atoms with Gasteiger partial charge in [0, 0.05) is 0 Å². The van der Waals surface area contributed by atoms with Gasteiger partial charge in [0.25, 0.3) is 0 Å². The van der Waals surface area contributed by atoms with E-state index in [0.29, 0.717) is 6.42 Å². The van der Waals surface area contributed by atoms with Crippen LogP contribution in [-0.2, 0) is 9.53 Å². The molecule has 1 aliphatic carbocycles. The van der Waals surface area contributed by atoms with E-state index in [0.717, 1.165) is 12.2 Å². The third kappa shape index (κ3) is 4.74. The van der Waals surface area contributed by atoms with Crippen LogP contribution >= 0.6 is 11.8 Å². The van der Waals surface area contributed by atoms with Gasteiger partial charge in [-0.3, -0.25) is 4.79 Å². The minimum absolute atomic E-state index is 0.0563. The molecule has 0 aromatic rings. The maximum atomic E-state index is 11.2. The lowest BCUT2D eigenvalue weighted by Crippen LogP contribution is -2.13. The predicted octanol–water partition coefficient (Wildman–Crippen LogP) is 3.03. The van der Waals surface area contributed by atoms with Crippen molar-refractivity contribution < 1.29 is 9.53 Å². The third-order valence-electron chi connectivity index (χ3n) is 2.81. The predicted molar refractivity (Wildman–Crippen MR) is 65.1 cm³/mol. The molecule has 0 heterocycles. The number of allylic oxidation sites excluding steroid dienone is 1. The van der Waals surface area contributed by atoms with Crippen molar-refractivity contribution in [1.82, 2.24) is 0 Å². The number of carbonyl (C=O) groups excluding carboxylic acids is 1. The Bertz CT molecular complexity index is 222. The number of methoxy groups -OCH3 is 1. The molecule has 1 fully saturated rings. The fraction of sp³-hybridized carbons (Fsp3) is 0.750. The highest BCUT2D eigenvalue weighted by atomic mass is 32.2. The van der Waals surface area contributed by atoms with Crippen molar-refractivity contribution in [3.05, 3.63) is 12.7 Å². The van der Waals surface area contributed by atoms with Gasteiger partial charge >= 0.3 is 5.97 Å². The summed E-state index contributed by atoms with van der Waals surface area (Å²) in [4.78, 5) is 11.2. The van der Waals surface area contributed by atoms with Crippen molar-refractivity contribution in [2.45, 2.75) is 32.1 Å². The summed E-state index contributed by atoms with van der Waals surface area (Å²) in [7, 11) is 1.47. The first-order valence-corrected chi connectivity index (χ1v) is 6.63. The summed E-state index contributed by atoms with van der Waals surface area (Å²) in [6.45, 7) is 3.70. The van der Waals surface area contributed by atoms with Crippen molar-refractivity contribution in [3.63, 3.8) is 0 Å². The molecule has 1 saturated carbocycles. The Morgan fingerprint density at radius 1 is 1.60 bits per heavy atom. The van der Waals surface area contributed by atoms with Crippen molar-refractivity contribution in [2.24, 2.45) is 5.41 Å². The molecule has 86 valence electrons. The molecule has 0 unspecified atom stereocenters. The summed E-state index contributed by atoms with van der Waals surface area (Å²) in [5.41, 5.74) is 0.284. The maximum Gasteiger partial charge on any atom is 0.306 e. The summed E-state index contributed by atoms with van der Waals surface area (Å²) in [6, 6.07) is 0. The Labute approximate surface area is 96.5 Å². The molecule has 0 aliphatic heterocycles. The molecule has 15 heavy (non-hydrogen) atoms. The van der Waals surface area contributed by atoms with Gasteiger partial charge in [0.15, 0.2) is 0 Å². The van der Waals surface area contributed by atoms with Crippen LogP contribution < -0.4 is 0 Å². The van der Waals surface area contributed by atoms with E-state index in [1.807, 2.05) is 17.8 Å². The Morgan fingerprint density at radius 3 is 2.87 bits per heavy atom. The SMILES string of the molecule is C=CCCCSCC1(CC(=O)OC)CC1. The maximum absolute atomic E-state index is 11.2. The molecule has 0 radical (unpaired) electrons. The second-order valence-corrected chi connectivity index (χ2v) is 5.34. The monoisotopic (exact) mass is 228 g/mol. The van der Waals surface area contributed by atoms with E-state index in [4.69, 9.17) is 4.74 Å². The van der Waals surface area contributed by atoms with E-state index in [1.54, 1.807) is 0 Å². The van der Waals surface area contributed by atoms with Crippen LogP contribution in [-0.4, -0.2) is 24.6 Å². The Kier molecular flexibility index (Phi) is 5.23. The van der Waals surface area contributed by atoms with Gasteiger partial charge in [0.2, 0.25) is 0 Å². The van der Waals surface area contributed by atoms with Gasteiger partial charge in [-0.05, 0) is 42.6 Å². The number of carbonyl (C=O) groups is 1. The van der Waals surface area contributed by atoms with E-state index in [2.05, 4.69) is 6.58 Å². The van der Waals surface area contributed by atoms with Crippen molar-refractivity contribution in [2.75, 3.05) is 18.6 Å². The number of rotatable bonds is 8. The number of unbranched alkanes of at least 4 members (excludes halogenated alkanes) is 1. The molecule has 0 aromatic carbocycles. The molecule has 0 spiro atoms. The highest BCUT2D eigenvalue weighted by molar-refractivity contribution is 7.99. The van der Waals surface area contributed by atoms with Crippen LogP contribution in [0.1, 0.15) is 32.1 Å². The van der Waals surface area contributed by atoms with Crippen LogP contribution in [0.15, 0.2) is 12.7 Å². The summed E-state index contributed by atoms with van der Waals surface area (Å²) in [5, 5.41) is 0. The average Bonchev–Trinajstić information content (AvgIpc) is 2.98. The molecule has 2 nitrogen and oxygen atoms in total. The molecule has 1 rings (SSSR count). The van der Waals surface area contributed by atoms with E-state index in [9.17, 15) is 4.79 Å². The Morgan fingerprint density at radius 2 is 2.33 bits per heavy atom. The second kappa shape index (κ2) is 6.21. The third-order valence-corrected chi connectivity index (χ3v) is 4.20. The standard InChI is InChI=1S/C12H20O2S/c1-3-4-5-8-15-10-12(6-7-12)9-11(13)14-2/h3H,1,4-10H2,2H3. The van der Waals surface area contributed by atoms with Gasteiger partial charge < -0.3 is 4.74 Å². The molecule has 0 atom stereocenters. The Balaban J connectivity index is 2.09. The number of thioether (sulfide) groups is 1. The van der Waals surface area contributed by atoms with Gasteiger partial charge in [0.05, 0.1) is 13.5 Å². The summed E-state index contributed by atoms with van der Waals surface area (Å²) >= 11 is 1.96. The van der Waals surface area contributed by atoms with Gasteiger partial charge in [-0.25, -0.2) is 0 Å². The molecule has 0 saturated heterocycles. The highest BCUT2D eigenvalue weighted by Gasteiger charge is 2.44. The number of esters is 1. The zero-order valence-electron chi connectivity index (χ0n) is 9.46. The van der Waals surface area contributed by atoms with E-state index in [-0.39, 0.29) is 11.4 Å². The van der Waals surface area contributed by atoms with Gasteiger partial charge in [-0.15, -0.1) is 6.58 Å². The lowest BCUT2D eigenvalue weighted by atomic mass is 10.1. The van der Waals surface area contributed by atoms with Crippen molar-refractivity contribution >= 4 is 17.7 Å². The number of hydrogen-bond acceptors (Lipinski definition) is 3. The van der Waals surface area contributed by atoms with Crippen LogP contribution in [0.5, 0.6) is 0 Å². The smallest absolute Gasteiger partial charge is 0.306 e. The number of ether oxygens (including phenoxy) is 1. The van der Waals surface area contributed by atoms with Crippen LogP contribution in [0.4, 0.5) is 0 Å². The zero-order valence-corrected chi connectivity index (χ0v) is 10.3. The van der Waals surface area contributed by atoms with Gasteiger partial charge in [-0.2, -0.15) is 11.8 Å². The minimum atomic E-state index is -0.0563. The van der Waals surface area contributed by atoms with Crippen LogP contribution in [0.2, 0.25) is 0 Å². The number of hydrogen-bond donors (Lipinski definition) is 0. The molecule has 0 amide bonds. The lowest BCUT2D eigenvalue weighted by molar-refractivity contribution is -0.141. The average molecular weight is 228 g/mol. The van der Waals surface area contributed by atoms with Crippen LogP contribution in [0, 0.1) is 5.41 Å². The highest BCUT2D eigenvalue weighted by Crippen LogP contribution is 2.51. The van der Waals surface area contributed by atoms with Gasteiger partial charge in [0.1, 0.15) is 0 Å². The van der Waals surface area contributed by atoms with Crippen LogP contribution in [0.3, 0.4) is 0 Å². The summed E-state index contributed by atoms with van der Waals surface area (Å²) in [5.74, 6) is 2.23. The first kappa shape index (κ1) is 12.6. The molecule has 0 bridgehead atoms. The van der Waals surface area contributed by atoms with Crippen LogP contribution in [0.25, 0.3) is 0 Å².